The highest BCUT2D eigenvalue weighted by Crippen LogP contribution is 2.33. The average Bonchev–Trinajstić information content (AvgIpc) is 2.65. The van der Waals surface area contributed by atoms with Gasteiger partial charge in [0.2, 0.25) is 0 Å². The summed E-state index contributed by atoms with van der Waals surface area (Å²) in [6.07, 6.45) is 3.67. The first kappa shape index (κ1) is 26.9. The van der Waals surface area contributed by atoms with Crippen LogP contribution in [0.2, 0.25) is 15.5 Å². The van der Waals surface area contributed by atoms with E-state index in [2.05, 4.69) is 22.2 Å². The smallest absolute Gasteiger partial charge is 0.137 e. The van der Waals surface area contributed by atoms with E-state index in [4.69, 9.17) is 50.0 Å². The van der Waals surface area contributed by atoms with E-state index < -0.39 is 0 Å². The Morgan fingerprint density at radius 2 is 1.73 bits per heavy atom. The summed E-state index contributed by atoms with van der Waals surface area (Å²) in [5, 5.41) is 4.50. The topological polar surface area (TPSA) is 82.3 Å². The molecule has 30 heavy (non-hydrogen) atoms. The molecule has 2 unspecified atom stereocenters. The van der Waals surface area contributed by atoms with E-state index in [0.29, 0.717) is 27.3 Å². The number of methoxy groups -OCH3 is 2. The van der Waals surface area contributed by atoms with Crippen molar-refractivity contribution in [2.24, 2.45) is 5.73 Å². The predicted octanol–water partition coefficient (Wildman–Crippen LogP) is 5.59. The summed E-state index contributed by atoms with van der Waals surface area (Å²) in [5.41, 5.74) is 7.68. The van der Waals surface area contributed by atoms with Gasteiger partial charge in [-0.1, -0.05) is 34.8 Å². The molecule has 3 rings (SSSR count). The van der Waals surface area contributed by atoms with Gasteiger partial charge in [0.05, 0.1) is 14.2 Å². The van der Waals surface area contributed by atoms with Crippen LogP contribution in [0.5, 0.6) is 11.5 Å². The van der Waals surface area contributed by atoms with E-state index in [-0.39, 0.29) is 18.4 Å². The second kappa shape index (κ2) is 12.6. The summed E-state index contributed by atoms with van der Waals surface area (Å²) >= 11 is 17.6. The Labute approximate surface area is 199 Å². The number of pyridine rings is 2. The number of halogens is 4. The minimum Gasteiger partial charge on any atom is -0.496 e. The lowest BCUT2D eigenvalue weighted by molar-refractivity contribution is 0.407. The Hall–Kier alpha value is -1.18. The summed E-state index contributed by atoms with van der Waals surface area (Å²) in [4.78, 5) is 8.22. The van der Waals surface area contributed by atoms with Gasteiger partial charge >= 0.3 is 0 Å². The second-order valence-corrected chi connectivity index (χ2v) is 8.12. The molecule has 0 fully saturated rings. The first-order valence-corrected chi connectivity index (χ1v) is 10.5. The number of nitrogens with one attached hydrogen (secondary N) is 1. The van der Waals surface area contributed by atoms with Crippen molar-refractivity contribution in [2.75, 3.05) is 19.5 Å². The summed E-state index contributed by atoms with van der Waals surface area (Å²) < 4.78 is 10.5. The number of ether oxygens (including phenoxy) is 2. The van der Waals surface area contributed by atoms with E-state index in [1.807, 2.05) is 6.92 Å². The van der Waals surface area contributed by atoms with Crippen molar-refractivity contribution in [1.29, 1.82) is 0 Å². The molecule has 0 amide bonds. The molecule has 0 saturated carbocycles. The van der Waals surface area contributed by atoms with Crippen molar-refractivity contribution in [3.05, 3.63) is 38.7 Å². The zero-order chi connectivity index (χ0) is 21.6. The number of nitrogens with zero attached hydrogens (tertiary/aromatic N) is 2. The van der Waals surface area contributed by atoms with Gasteiger partial charge in [0.25, 0.3) is 0 Å². The van der Waals surface area contributed by atoms with Crippen molar-refractivity contribution >= 4 is 53.0 Å². The van der Waals surface area contributed by atoms with Crippen molar-refractivity contribution in [3.8, 4) is 11.5 Å². The highest BCUT2D eigenvalue weighted by molar-refractivity contribution is 6.33. The molecule has 0 saturated heterocycles. The molecular formula is C20H28Cl4N4O2. The van der Waals surface area contributed by atoms with Crippen molar-refractivity contribution in [2.45, 2.75) is 51.6 Å². The standard InChI is InChI=1S/C10H14Cl2N2O.C10H13ClN2O.ClH/c1-6(13)3-4-7-8(15-2)5-9(11)14-10(7)12;1-6-3-4-7-8(14-2)5-9(11)13-10(7)12-6;/h5-6H,3-4,13H2,1-2H3;5-6H,3-4H2,1-2H3,(H,12,13);1H. The molecule has 2 atom stereocenters. The molecule has 2 aromatic heterocycles. The fraction of sp³-hybridized carbons (Fsp3) is 0.500. The number of aromatic nitrogens is 2. The third-order valence-corrected chi connectivity index (χ3v) is 5.25. The molecule has 3 N–H and O–H groups in total. The largest absolute Gasteiger partial charge is 0.496 e. The number of anilines is 1. The Morgan fingerprint density at radius 1 is 1.13 bits per heavy atom. The van der Waals surface area contributed by atoms with Crippen LogP contribution in [0.4, 0.5) is 5.82 Å². The third kappa shape index (κ3) is 7.50. The van der Waals surface area contributed by atoms with E-state index in [0.717, 1.165) is 48.4 Å². The van der Waals surface area contributed by atoms with Gasteiger partial charge in [-0.05, 0) is 39.5 Å². The lowest BCUT2D eigenvalue weighted by atomic mass is 10.0. The Balaban J connectivity index is 0.000000291. The molecule has 2 aromatic rings. The van der Waals surface area contributed by atoms with E-state index in [9.17, 15) is 0 Å². The first-order valence-electron chi connectivity index (χ1n) is 9.39. The number of hydrogen-bond donors (Lipinski definition) is 2. The highest BCUT2D eigenvalue weighted by Gasteiger charge is 2.19. The predicted molar refractivity (Wildman–Crippen MR) is 127 cm³/mol. The maximum atomic E-state index is 5.98. The van der Waals surface area contributed by atoms with Crippen LogP contribution in [0.25, 0.3) is 0 Å². The summed E-state index contributed by atoms with van der Waals surface area (Å²) in [6, 6.07) is 4.00. The molecule has 6 nitrogen and oxygen atoms in total. The van der Waals surface area contributed by atoms with Gasteiger partial charge in [-0.15, -0.1) is 12.4 Å². The number of hydrogen-bond acceptors (Lipinski definition) is 6. The summed E-state index contributed by atoms with van der Waals surface area (Å²) in [5.74, 6) is 2.37. The Bertz CT molecular complexity index is 837. The zero-order valence-corrected chi connectivity index (χ0v) is 20.6. The summed E-state index contributed by atoms with van der Waals surface area (Å²) in [6.45, 7) is 4.09. The molecule has 0 spiro atoms. The van der Waals surface area contributed by atoms with Crippen molar-refractivity contribution < 1.29 is 9.47 Å². The molecule has 3 heterocycles. The lowest BCUT2D eigenvalue weighted by Crippen LogP contribution is -2.23. The van der Waals surface area contributed by atoms with Crippen LogP contribution in [0.1, 0.15) is 37.8 Å². The van der Waals surface area contributed by atoms with Gasteiger partial charge in [-0.2, -0.15) is 0 Å². The molecule has 0 radical (unpaired) electrons. The lowest BCUT2D eigenvalue weighted by Gasteiger charge is -2.24. The van der Waals surface area contributed by atoms with Crippen molar-refractivity contribution in [3.63, 3.8) is 0 Å². The van der Waals surface area contributed by atoms with Crippen LogP contribution in [-0.4, -0.2) is 36.3 Å². The van der Waals surface area contributed by atoms with Crippen LogP contribution in [0.15, 0.2) is 12.1 Å². The second-order valence-electron chi connectivity index (χ2n) is 6.99. The maximum Gasteiger partial charge on any atom is 0.137 e. The van der Waals surface area contributed by atoms with Gasteiger partial charge in [0.15, 0.2) is 0 Å². The molecule has 168 valence electrons. The van der Waals surface area contributed by atoms with Gasteiger partial charge in [0, 0.05) is 35.3 Å². The van der Waals surface area contributed by atoms with E-state index in [1.165, 1.54) is 0 Å². The van der Waals surface area contributed by atoms with Crippen molar-refractivity contribution in [1.82, 2.24) is 9.97 Å². The minimum absolute atomic E-state index is 0. The fourth-order valence-electron chi connectivity index (χ4n) is 3.00. The first-order chi connectivity index (χ1) is 13.7. The fourth-order valence-corrected chi connectivity index (χ4v) is 3.69. The van der Waals surface area contributed by atoms with Gasteiger partial charge in [-0.25, -0.2) is 9.97 Å². The number of rotatable bonds is 5. The average molecular weight is 498 g/mol. The molecule has 1 aliphatic rings. The highest BCUT2D eigenvalue weighted by atomic mass is 35.5. The van der Waals surface area contributed by atoms with Gasteiger partial charge in [-0.3, -0.25) is 0 Å². The number of nitrogens with two attached hydrogens (primary N) is 1. The van der Waals surface area contributed by atoms with Crippen LogP contribution < -0.4 is 20.5 Å². The SMILES string of the molecule is COc1cc(Cl)nc(Cl)c1CCC(C)N.COc1cc(Cl)nc2c1CCC(C)N2.Cl. The van der Waals surface area contributed by atoms with E-state index in [1.54, 1.807) is 26.4 Å². The quantitative estimate of drug-likeness (QED) is 0.524. The van der Waals surface area contributed by atoms with E-state index >= 15 is 0 Å². The molecule has 0 aliphatic carbocycles. The van der Waals surface area contributed by atoms with Crippen LogP contribution in [-0.2, 0) is 12.8 Å². The Morgan fingerprint density at radius 3 is 2.33 bits per heavy atom. The summed E-state index contributed by atoms with van der Waals surface area (Å²) in [7, 11) is 3.24. The van der Waals surface area contributed by atoms with Gasteiger partial charge in [0.1, 0.15) is 32.8 Å². The molecule has 10 heteroatoms. The Kier molecular flexibility index (Phi) is 11.3. The third-order valence-electron chi connectivity index (χ3n) is 4.55. The minimum atomic E-state index is 0. The molecule has 0 bridgehead atoms. The normalized spacial score (nSPS) is 15.5. The van der Waals surface area contributed by atoms with Crippen LogP contribution in [0.3, 0.4) is 0 Å². The monoisotopic (exact) mass is 496 g/mol. The van der Waals surface area contributed by atoms with Crippen LogP contribution >= 0.6 is 47.2 Å². The molecule has 0 aromatic carbocycles. The molecule has 1 aliphatic heterocycles. The molecular weight excluding hydrogens is 470 g/mol. The maximum absolute atomic E-state index is 5.98. The van der Waals surface area contributed by atoms with Crippen LogP contribution in [0, 0.1) is 0 Å². The number of fused-ring (bicyclic) bond motifs is 1. The zero-order valence-electron chi connectivity index (χ0n) is 17.5. The van der Waals surface area contributed by atoms with Gasteiger partial charge < -0.3 is 20.5 Å².